The molecule has 0 unspecified atom stereocenters. The van der Waals surface area contributed by atoms with Crippen LogP contribution in [0.2, 0.25) is 0 Å². The minimum absolute atomic E-state index is 0.0309. The van der Waals surface area contributed by atoms with E-state index in [1.165, 1.54) is 13.0 Å². The first-order chi connectivity index (χ1) is 14.4. The lowest BCUT2D eigenvalue weighted by atomic mass is 10.1. The molecular weight excluding hydrogens is 388 g/mol. The van der Waals surface area contributed by atoms with Crippen molar-refractivity contribution in [2.45, 2.75) is 20.5 Å². The monoisotopic (exact) mass is 406 g/mol. The van der Waals surface area contributed by atoms with Crippen molar-refractivity contribution in [3.8, 4) is 11.5 Å². The Hall–Kier alpha value is -3.87. The zero-order chi connectivity index (χ0) is 21.4. The summed E-state index contributed by atoms with van der Waals surface area (Å²) in [5.41, 5.74) is 0.833. The van der Waals surface area contributed by atoms with Crippen LogP contribution in [0.25, 0.3) is 21.9 Å². The summed E-state index contributed by atoms with van der Waals surface area (Å²) in [4.78, 5) is 36.1. The molecule has 2 heterocycles. The molecule has 0 bridgehead atoms. The van der Waals surface area contributed by atoms with Crippen LogP contribution < -0.4 is 20.5 Å². The predicted octanol–water partition coefficient (Wildman–Crippen LogP) is 4.00. The van der Waals surface area contributed by atoms with Gasteiger partial charge in [0, 0.05) is 35.6 Å². The summed E-state index contributed by atoms with van der Waals surface area (Å²) in [5.74, 6) is 0.753. The minimum Gasteiger partial charge on any atom is -0.497 e. The molecule has 0 aliphatic carbocycles. The van der Waals surface area contributed by atoms with Crippen LogP contribution in [0, 0.1) is 6.92 Å². The van der Waals surface area contributed by atoms with E-state index in [9.17, 15) is 14.4 Å². The fraction of sp³-hybridized carbons (Fsp3) is 0.174. The first-order valence-corrected chi connectivity index (χ1v) is 9.19. The predicted molar refractivity (Wildman–Crippen MR) is 111 cm³/mol. The van der Waals surface area contributed by atoms with E-state index in [-0.39, 0.29) is 34.7 Å². The highest BCUT2D eigenvalue weighted by Gasteiger charge is 2.15. The molecule has 0 spiro atoms. The second-order valence-electron chi connectivity index (χ2n) is 6.84. The third-order valence-electron chi connectivity index (χ3n) is 4.84. The Bertz CT molecular complexity index is 1410. The number of ether oxygens (including phenoxy) is 2. The van der Waals surface area contributed by atoms with Gasteiger partial charge in [0.25, 0.3) is 0 Å². The quantitative estimate of drug-likeness (QED) is 0.365. The van der Waals surface area contributed by atoms with Crippen LogP contribution in [0.4, 0.5) is 0 Å². The van der Waals surface area contributed by atoms with Crippen molar-refractivity contribution in [3.63, 3.8) is 0 Å². The standard InChI is InChI=1S/C23H18O7/c1-12-22(26)17-6-4-16(10-20(17)30-23(12)13(2)24)28-11-14-8-21(25)29-19-7-5-15(27-3)9-18(14)19/h4-10H,11H2,1-3H3. The van der Waals surface area contributed by atoms with E-state index in [0.29, 0.717) is 33.4 Å². The van der Waals surface area contributed by atoms with Crippen LogP contribution in [0.1, 0.15) is 28.6 Å². The summed E-state index contributed by atoms with van der Waals surface area (Å²) in [6.07, 6.45) is 0. The van der Waals surface area contributed by atoms with Crippen molar-refractivity contribution < 1.29 is 23.1 Å². The third-order valence-corrected chi connectivity index (χ3v) is 4.84. The van der Waals surface area contributed by atoms with E-state index in [1.54, 1.807) is 50.4 Å². The molecule has 30 heavy (non-hydrogen) atoms. The van der Waals surface area contributed by atoms with E-state index >= 15 is 0 Å². The second kappa shape index (κ2) is 7.51. The third kappa shape index (κ3) is 3.45. The largest absolute Gasteiger partial charge is 0.497 e. The van der Waals surface area contributed by atoms with E-state index in [1.807, 2.05) is 0 Å². The molecule has 4 rings (SSSR count). The molecule has 7 heteroatoms. The molecule has 4 aromatic rings. The number of carbonyl (C=O) groups excluding carboxylic acids is 1. The number of methoxy groups -OCH3 is 1. The number of ketones is 1. The number of fused-ring (bicyclic) bond motifs is 2. The number of hydrogen-bond donors (Lipinski definition) is 0. The Morgan fingerprint density at radius 1 is 0.933 bits per heavy atom. The molecular formula is C23H18O7. The van der Waals surface area contributed by atoms with Gasteiger partial charge in [-0.15, -0.1) is 0 Å². The van der Waals surface area contributed by atoms with Gasteiger partial charge in [0.1, 0.15) is 29.3 Å². The number of benzene rings is 2. The Kier molecular flexibility index (Phi) is 4.87. The molecule has 0 saturated heterocycles. The summed E-state index contributed by atoms with van der Waals surface area (Å²) < 4.78 is 21.9. The van der Waals surface area contributed by atoms with Gasteiger partial charge in [-0.2, -0.15) is 0 Å². The van der Waals surface area contributed by atoms with Crippen molar-refractivity contribution in [1.82, 2.24) is 0 Å². The summed E-state index contributed by atoms with van der Waals surface area (Å²) in [6.45, 7) is 2.99. The van der Waals surface area contributed by atoms with Gasteiger partial charge in [-0.1, -0.05) is 0 Å². The average Bonchev–Trinajstić information content (AvgIpc) is 2.73. The highest BCUT2D eigenvalue weighted by Crippen LogP contribution is 2.26. The fourth-order valence-electron chi connectivity index (χ4n) is 3.31. The molecule has 0 aliphatic heterocycles. The lowest BCUT2D eigenvalue weighted by molar-refractivity contribution is 0.0986. The van der Waals surface area contributed by atoms with Crippen molar-refractivity contribution in [3.05, 3.63) is 80.0 Å². The van der Waals surface area contributed by atoms with Crippen LogP contribution >= 0.6 is 0 Å². The van der Waals surface area contributed by atoms with Crippen LogP contribution in [0.3, 0.4) is 0 Å². The van der Waals surface area contributed by atoms with Crippen LogP contribution in [-0.2, 0) is 6.61 Å². The normalized spacial score (nSPS) is 11.0. The van der Waals surface area contributed by atoms with Gasteiger partial charge >= 0.3 is 5.63 Å². The number of Topliss-reactive ketones (excluding diaryl/α,β-unsaturated/α-hetero) is 1. The summed E-state index contributed by atoms with van der Waals surface area (Å²) in [6, 6.07) is 11.3. The summed E-state index contributed by atoms with van der Waals surface area (Å²) in [5, 5.41) is 1.05. The van der Waals surface area contributed by atoms with Gasteiger partial charge in [-0.05, 0) is 37.3 Å². The van der Waals surface area contributed by atoms with E-state index in [2.05, 4.69) is 0 Å². The molecule has 0 fully saturated rings. The van der Waals surface area contributed by atoms with Gasteiger partial charge in [0.05, 0.1) is 12.5 Å². The molecule has 0 aliphatic rings. The zero-order valence-electron chi connectivity index (χ0n) is 16.6. The molecule has 0 atom stereocenters. The highest BCUT2D eigenvalue weighted by molar-refractivity contribution is 5.94. The smallest absolute Gasteiger partial charge is 0.336 e. The molecule has 7 nitrogen and oxygen atoms in total. The van der Waals surface area contributed by atoms with E-state index in [4.69, 9.17) is 18.3 Å². The number of hydrogen-bond acceptors (Lipinski definition) is 7. The van der Waals surface area contributed by atoms with Crippen LogP contribution in [0.15, 0.2) is 60.9 Å². The maximum atomic E-state index is 12.5. The van der Waals surface area contributed by atoms with Crippen molar-refractivity contribution in [2.75, 3.05) is 7.11 Å². The SMILES string of the molecule is COc1ccc2oc(=O)cc(COc3ccc4c(=O)c(C)c(C(C)=O)oc4c3)c2c1. The highest BCUT2D eigenvalue weighted by atomic mass is 16.5. The topological polar surface area (TPSA) is 96.0 Å². The molecule has 0 N–H and O–H groups in total. The van der Waals surface area contributed by atoms with Gasteiger partial charge in [0.2, 0.25) is 0 Å². The number of carbonyl (C=O) groups is 1. The summed E-state index contributed by atoms with van der Waals surface area (Å²) >= 11 is 0. The fourth-order valence-corrected chi connectivity index (χ4v) is 3.31. The van der Waals surface area contributed by atoms with Gasteiger partial charge in [0.15, 0.2) is 17.0 Å². The maximum Gasteiger partial charge on any atom is 0.336 e. The van der Waals surface area contributed by atoms with E-state index < -0.39 is 5.63 Å². The van der Waals surface area contributed by atoms with Crippen LogP contribution in [-0.4, -0.2) is 12.9 Å². The molecule has 0 radical (unpaired) electrons. The molecule has 2 aromatic heterocycles. The average molecular weight is 406 g/mol. The second-order valence-corrected chi connectivity index (χ2v) is 6.84. The van der Waals surface area contributed by atoms with Crippen molar-refractivity contribution >= 4 is 27.7 Å². The Balaban J connectivity index is 1.72. The van der Waals surface area contributed by atoms with Crippen molar-refractivity contribution in [1.29, 1.82) is 0 Å². The van der Waals surface area contributed by atoms with Gasteiger partial charge < -0.3 is 18.3 Å². The van der Waals surface area contributed by atoms with Crippen molar-refractivity contribution in [2.24, 2.45) is 0 Å². The van der Waals surface area contributed by atoms with Gasteiger partial charge in [-0.25, -0.2) is 4.79 Å². The number of rotatable bonds is 5. The summed E-state index contributed by atoms with van der Waals surface area (Å²) in [7, 11) is 1.55. The molecule has 0 saturated carbocycles. The Labute approximate surface area is 170 Å². The molecule has 152 valence electrons. The maximum absolute atomic E-state index is 12.5. The first-order valence-electron chi connectivity index (χ1n) is 9.19. The Morgan fingerprint density at radius 3 is 2.43 bits per heavy atom. The van der Waals surface area contributed by atoms with Crippen LogP contribution in [0.5, 0.6) is 11.5 Å². The molecule has 2 aromatic carbocycles. The molecule has 0 amide bonds. The Morgan fingerprint density at radius 2 is 1.70 bits per heavy atom. The van der Waals surface area contributed by atoms with Gasteiger partial charge in [-0.3, -0.25) is 9.59 Å². The lowest BCUT2D eigenvalue weighted by Crippen LogP contribution is -2.11. The minimum atomic E-state index is -0.489. The zero-order valence-corrected chi connectivity index (χ0v) is 16.6. The first kappa shape index (κ1) is 19.4. The lowest BCUT2D eigenvalue weighted by Gasteiger charge is -2.10. The van der Waals surface area contributed by atoms with E-state index in [0.717, 1.165) is 0 Å².